The van der Waals surface area contributed by atoms with Crippen molar-refractivity contribution in [1.82, 2.24) is 0 Å². The van der Waals surface area contributed by atoms with Crippen LogP contribution in [-0.4, -0.2) is 25.5 Å². The van der Waals surface area contributed by atoms with Crippen LogP contribution < -0.4 is 4.74 Å². The molecule has 0 saturated carbocycles. The van der Waals surface area contributed by atoms with E-state index in [1.165, 1.54) is 12.1 Å². The maximum Gasteiger partial charge on any atom is 0.169 e. The normalized spacial score (nSPS) is 10.8. The van der Waals surface area contributed by atoms with Gasteiger partial charge in [-0.3, -0.25) is 0 Å². The highest BCUT2D eigenvalue weighted by atomic mass is 16.5. The Hall–Kier alpha value is -4.32. The zero-order valence-electron chi connectivity index (χ0n) is 18.5. The van der Waals surface area contributed by atoms with E-state index in [0.29, 0.717) is 37.0 Å². The predicted octanol–water partition coefficient (Wildman–Crippen LogP) is 5.58. The van der Waals surface area contributed by atoms with Crippen molar-refractivity contribution in [2.75, 3.05) is 0 Å². The van der Waals surface area contributed by atoms with Crippen LogP contribution in [0.15, 0.2) is 78.9 Å². The second kappa shape index (κ2) is 10.1. The average Bonchev–Trinajstić information content (AvgIpc) is 2.81. The average molecular weight is 459 g/mol. The quantitative estimate of drug-likeness (QED) is 0.221. The van der Waals surface area contributed by atoms with Gasteiger partial charge in [0.15, 0.2) is 23.0 Å². The van der Waals surface area contributed by atoms with Crippen LogP contribution in [-0.2, 0) is 25.7 Å². The van der Waals surface area contributed by atoms with Crippen LogP contribution in [0.3, 0.4) is 0 Å². The standard InChI is InChI=1S/C28H26O6/c29-22-5-1-3-18(13-22)9-11-21-16-28(27(33)17-25(21)31)34-23-6-2-4-19(14-23)7-8-20-10-12-24(30)26(32)15-20/h1-6,10,12-17,29-33H,7-9,11H2. The Kier molecular flexibility index (Phi) is 6.78. The highest BCUT2D eigenvalue weighted by molar-refractivity contribution is 5.51. The van der Waals surface area contributed by atoms with E-state index in [4.69, 9.17) is 4.74 Å². The largest absolute Gasteiger partial charge is 0.508 e. The highest BCUT2D eigenvalue weighted by Gasteiger charge is 2.12. The molecule has 0 unspecified atom stereocenters. The zero-order valence-corrected chi connectivity index (χ0v) is 18.5. The molecule has 0 fully saturated rings. The SMILES string of the molecule is Oc1cccc(CCc2cc(Oc3cccc(CCc4ccc(O)c(O)c4)c3)c(O)cc2O)c1. The maximum absolute atomic E-state index is 10.3. The minimum Gasteiger partial charge on any atom is -0.508 e. The minimum atomic E-state index is -0.163. The molecular weight excluding hydrogens is 432 g/mol. The summed E-state index contributed by atoms with van der Waals surface area (Å²) in [6, 6.07) is 22.1. The van der Waals surface area contributed by atoms with Crippen molar-refractivity contribution in [3.8, 4) is 40.2 Å². The fourth-order valence-corrected chi connectivity index (χ4v) is 3.78. The van der Waals surface area contributed by atoms with Gasteiger partial charge in [-0.05, 0) is 90.4 Å². The highest BCUT2D eigenvalue weighted by Crippen LogP contribution is 2.37. The Morgan fingerprint density at radius 3 is 1.91 bits per heavy atom. The van der Waals surface area contributed by atoms with Gasteiger partial charge in [-0.15, -0.1) is 0 Å². The second-order valence-corrected chi connectivity index (χ2v) is 8.19. The van der Waals surface area contributed by atoms with Crippen molar-refractivity contribution in [2.45, 2.75) is 25.7 Å². The van der Waals surface area contributed by atoms with Gasteiger partial charge in [-0.25, -0.2) is 0 Å². The maximum atomic E-state index is 10.3. The van der Waals surface area contributed by atoms with Crippen LogP contribution in [0.2, 0.25) is 0 Å². The number of ether oxygens (including phenoxy) is 1. The number of aryl methyl sites for hydroxylation is 4. The lowest BCUT2D eigenvalue weighted by atomic mass is 10.0. The topological polar surface area (TPSA) is 110 Å². The molecule has 0 heterocycles. The van der Waals surface area contributed by atoms with Crippen molar-refractivity contribution in [3.63, 3.8) is 0 Å². The van der Waals surface area contributed by atoms with Crippen molar-refractivity contribution in [1.29, 1.82) is 0 Å². The van der Waals surface area contributed by atoms with Crippen molar-refractivity contribution >= 4 is 0 Å². The summed E-state index contributed by atoms with van der Waals surface area (Å²) in [6.45, 7) is 0. The first-order valence-corrected chi connectivity index (χ1v) is 11.0. The molecule has 174 valence electrons. The summed E-state index contributed by atoms with van der Waals surface area (Å²) in [5.41, 5.74) is 3.46. The molecule has 0 saturated heterocycles. The van der Waals surface area contributed by atoms with E-state index >= 15 is 0 Å². The summed E-state index contributed by atoms with van der Waals surface area (Å²) < 4.78 is 5.93. The molecular formula is C28H26O6. The fraction of sp³-hybridized carbons (Fsp3) is 0.143. The van der Waals surface area contributed by atoms with Crippen LogP contribution >= 0.6 is 0 Å². The summed E-state index contributed by atoms with van der Waals surface area (Å²) >= 11 is 0. The van der Waals surface area contributed by atoms with Crippen LogP contribution in [0, 0.1) is 0 Å². The third-order valence-electron chi connectivity index (χ3n) is 5.62. The van der Waals surface area contributed by atoms with E-state index in [1.54, 1.807) is 42.5 Å². The minimum absolute atomic E-state index is 0.0177. The lowest BCUT2D eigenvalue weighted by Gasteiger charge is -2.13. The molecule has 34 heavy (non-hydrogen) atoms. The molecule has 6 nitrogen and oxygen atoms in total. The lowest BCUT2D eigenvalue weighted by molar-refractivity contribution is 0.401. The first-order valence-electron chi connectivity index (χ1n) is 11.0. The molecule has 0 amide bonds. The summed E-state index contributed by atoms with van der Waals surface area (Å²) in [5.74, 6) is 0.514. The van der Waals surface area contributed by atoms with E-state index < -0.39 is 0 Å². The van der Waals surface area contributed by atoms with Gasteiger partial charge in [0.05, 0.1) is 0 Å². The van der Waals surface area contributed by atoms with Gasteiger partial charge in [0.25, 0.3) is 0 Å². The van der Waals surface area contributed by atoms with E-state index in [1.807, 2.05) is 24.3 Å². The van der Waals surface area contributed by atoms with Gasteiger partial charge in [-0.2, -0.15) is 0 Å². The Morgan fingerprint density at radius 2 is 1.18 bits per heavy atom. The summed E-state index contributed by atoms with van der Waals surface area (Å²) in [5, 5.41) is 49.3. The molecule has 0 aromatic heterocycles. The Morgan fingerprint density at radius 1 is 0.500 bits per heavy atom. The Labute approximate surface area is 197 Å². The van der Waals surface area contributed by atoms with Gasteiger partial charge < -0.3 is 30.3 Å². The molecule has 4 rings (SSSR count). The molecule has 0 aliphatic carbocycles. The van der Waals surface area contributed by atoms with Gasteiger partial charge in [-0.1, -0.05) is 30.3 Å². The van der Waals surface area contributed by atoms with Gasteiger partial charge in [0.1, 0.15) is 17.2 Å². The van der Waals surface area contributed by atoms with Crippen LogP contribution in [0.5, 0.6) is 40.2 Å². The molecule has 0 bridgehead atoms. The molecule has 4 aromatic carbocycles. The molecule has 0 radical (unpaired) electrons. The number of benzene rings is 4. The molecule has 4 aromatic rings. The third-order valence-corrected chi connectivity index (χ3v) is 5.62. The predicted molar refractivity (Wildman–Crippen MR) is 129 cm³/mol. The van der Waals surface area contributed by atoms with Gasteiger partial charge in [0, 0.05) is 6.07 Å². The van der Waals surface area contributed by atoms with Crippen LogP contribution in [0.4, 0.5) is 0 Å². The van der Waals surface area contributed by atoms with Crippen LogP contribution in [0.1, 0.15) is 22.3 Å². The van der Waals surface area contributed by atoms with E-state index in [2.05, 4.69) is 0 Å². The number of hydrogen-bond donors (Lipinski definition) is 5. The molecule has 0 spiro atoms. The van der Waals surface area contributed by atoms with Crippen LogP contribution in [0.25, 0.3) is 0 Å². The zero-order chi connectivity index (χ0) is 24.1. The Bertz CT molecular complexity index is 1300. The van der Waals surface area contributed by atoms with Crippen molar-refractivity contribution in [3.05, 3.63) is 101 Å². The second-order valence-electron chi connectivity index (χ2n) is 8.19. The smallest absolute Gasteiger partial charge is 0.169 e. The molecule has 0 aliphatic rings. The molecule has 6 heteroatoms. The summed E-state index contributed by atoms with van der Waals surface area (Å²) in [6.07, 6.45) is 2.47. The van der Waals surface area contributed by atoms with E-state index in [9.17, 15) is 25.5 Å². The number of hydrogen-bond acceptors (Lipinski definition) is 6. The van der Waals surface area contributed by atoms with Crippen molar-refractivity contribution in [2.24, 2.45) is 0 Å². The Balaban J connectivity index is 1.45. The number of rotatable bonds is 8. The first-order chi connectivity index (χ1) is 16.4. The molecule has 5 N–H and O–H groups in total. The molecule has 0 atom stereocenters. The summed E-state index contributed by atoms with van der Waals surface area (Å²) in [7, 11) is 0. The monoisotopic (exact) mass is 458 g/mol. The van der Waals surface area contributed by atoms with E-state index in [-0.39, 0.29) is 34.5 Å². The number of phenolic OH excluding ortho intramolecular Hbond substituents is 5. The van der Waals surface area contributed by atoms with E-state index in [0.717, 1.165) is 16.7 Å². The van der Waals surface area contributed by atoms with Crippen molar-refractivity contribution < 1.29 is 30.3 Å². The number of aromatic hydroxyl groups is 5. The summed E-state index contributed by atoms with van der Waals surface area (Å²) in [4.78, 5) is 0. The number of phenols is 5. The van der Waals surface area contributed by atoms with Gasteiger partial charge >= 0.3 is 0 Å². The van der Waals surface area contributed by atoms with Gasteiger partial charge in [0.2, 0.25) is 0 Å². The fourth-order valence-electron chi connectivity index (χ4n) is 3.78. The molecule has 0 aliphatic heterocycles. The first kappa shape index (κ1) is 22.9. The third kappa shape index (κ3) is 5.72. The lowest BCUT2D eigenvalue weighted by Crippen LogP contribution is -1.95.